The molecule has 0 heteroatoms. The minimum atomic E-state index is 0.223. The standard InChI is InChI=1S/C12H24/c1-9(2)10(3)12(7,8)11(4,5)6/h9H,3H2,1-2,4-8H3. The van der Waals surface area contributed by atoms with Crippen molar-refractivity contribution in [1.29, 1.82) is 0 Å². The van der Waals surface area contributed by atoms with E-state index in [1.165, 1.54) is 5.57 Å². The van der Waals surface area contributed by atoms with E-state index < -0.39 is 0 Å². The van der Waals surface area contributed by atoms with Crippen molar-refractivity contribution in [1.82, 2.24) is 0 Å². The molecule has 0 N–H and O–H groups in total. The maximum atomic E-state index is 4.19. The Labute approximate surface area is 78.1 Å². The first kappa shape index (κ1) is 11.7. The fraction of sp³-hybridized carbons (Fsp3) is 0.833. The predicted molar refractivity (Wildman–Crippen MR) is 57.2 cm³/mol. The third kappa shape index (κ3) is 2.12. The molecule has 12 heavy (non-hydrogen) atoms. The predicted octanol–water partition coefficient (Wildman–Crippen LogP) is 4.27. The molecule has 0 saturated carbocycles. The van der Waals surface area contributed by atoms with E-state index in [9.17, 15) is 0 Å². The Morgan fingerprint density at radius 3 is 1.42 bits per heavy atom. The van der Waals surface area contributed by atoms with Crippen LogP contribution in [-0.2, 0) is 0 Å². The van der Waals surface area contributed by atoms with Gasteiger partial charge < -0.3 is 0 Å². The van der Waals surface area contributed by atoms with Gasteiger partial charge in [-0.25, -0.2) is 0 Å². The Morgan fingerprint density at radius 2 is 1.33 bits per heavy atom. The molecule has 0 unspecified atom stereocenters. The highest BCUT2D eigenvalue weighted by atomic mass is 14.4. The summed E-state index contributed by atoms with van der Waals surface area (Å²) in [5.74, 6) is 0.583. The second-order valence-corrected chi connectivity index (χ2v) is 5.55. The molecule has 0 fully saturated rings. The fourth-order valence-electron chi connectivity index (χ4n) is 1.20. The lowest BCUT2D eigenvalue weighted by atomic mass is 9.63. The van der Waals surface area contributed by atoms with E-state index in [-0.39, 0.29) is 5.41 Å². The summed E-state index contributed by atoms with van der Waals surface area (Å²) in [6, 6.07) is 0. The first-order valence-corrected chi connectivity index (χ1v) is 4.80. The van der Waals surface area contributed by atoms with Crippen molar-refractivity contribution in [3.63, 3.8) is 0 Å². The lowest BCUT2D eigenvalue weighted by Gasteiger charge is -2.42. The summed E-state index contributed by atoms with van der Waals surface area (Å²) in [5.41, 5.74) is 1.88. The van der Waals surface area contributed by atoms with Crippen LogP contribution in [0.1, 0.15) is 48.5 Å². The molecule has 0 aliphatic heterocycles. The monoisotopic (exact) mass is 168 g/mol. The van der Waals surface area contributed by atoms with Gasteiger partial charge in [-0.1, -0.05) is 60.6 Å². The first-order chi connectivity index (χ1) is 5.10. The van der Waals surface area contributed by atoms with Gasteiger partial charge in [0.2, 0.25) is 0 Å². The normalized spacial score (nSPS) is 13.7. The number of allylic oxidation sites excluding steroid dienone is 1. The van der Waals surface area contributed by atoms with E-state index in [2.05, 4.69) is 55.0 Å². The van der Waals surface area contributed by atoms with Crippen molar-refractivity contribution in [2.24, 2.45) is 16.7 Å². The van der Waals surface area contributed by atoms with Crippen LogP contribution in [0.15, 0.2) is 12.2 Å². The number of hydrogen-bond donors (Lipinski definition) is 0. The summed E-state index contributed by atoms with van der Waals surface area (Å²) in [6.45, 7) is 20.0. The first-order valence-electron chi connectivity index (χ1n) is 4.80. The van der Waals surface area contributed by atoms with Gasteiger partial charge in [0.05, 0.1) is 0 Å². The SMILES string of the molecule is C=C(C(C)C)C(C)(C)C(C)(C)C. The molecule has 72 valence electrons. The molecule has 0 radical (unpaired) electrons. The van der Waals surface area contributed by atoms with E-state index >= 15 is 0 Å². The summed E-state index contributed by atoms with van der Waals surface area (Å²) in [5, 5.41) is 0. The molecule has 0 aliphatic carbocycles. The van der Waals surface area contributed by atoms with Crippen LogP contribution in [0.3, 0.4) is 0 Å². The summed E-state index contributed by atoms with van der Waals surface area (Å²) in [6.07, 6.45) is 0. The molecule has 0 aromatic heterocycles. The highest BCUT2D eigenvalue weighted by Gasteiger charge is 2.35. The van der Waals surface area contributed by atoms with Crippen molar-refractivity contribution in [2.45, 2.75) is 48.5 Å². The highest BCUT2D eigenvalue weighted by Crippen LogP contribution is 2.45. The van der Waals surface area contributed by atoms with E-state index in [1.54, 1.807) is 0 Å². The third-order valence-electron chi connectivity index (χ3n) is 3.37. The Kier molecular flexibility index (Phi) is 3.17. The third-order valence-corrected chi connectivity index (χ3v) is 3.37. The second-order valence-electron chi connectivity index (χ2n) is 5.55. The Morgan fingerprint density at radius 1 is 1.00 bits per heavy atom. The van der Waals surface area contributed by atoms with Crippen molar-refractivity contribution >= 4 is 0 Å². The lowest BCUT2D eigenvalue weighted by molar-refractivity contribution is 0.165. The zero-order valence-electron chi connectivity index (χ0n) is 9.78. The number of hydrogen-bond acceptors (Lipinski definition) is 0. The molecule has 0 saturated heterocycles. The molecule has 0 aliphatic rings. The van der Waals surface area contributed by atoms with Gasteiger partial charge in [-0.15, -0.1) is 0 Å². The molecular formula is C12H24. The highest BCUT2D eigenvalue weighted by molar-refractivity contribution is 5.13. The van der Waals surface area contributed by atoms with Crippen LogP contribution < -0.4 is 0 Å². The lowest BCUT2D eigenvalue weighted by Crippen LogP contribution is -2.32. The maximum Gasteiger partial charge on any atom is -0.00963 e. The van der Waals surface area contributed by atoms with Crippen LogP contribution >= 0.6 is 0 Å². The van der Waals surface area contributed by atoms with E-state index in [1.807, 2.05) is 0 Å². The van der Waals surface area contributed by atoms with E-state index in [0.717, 1.165) is 0 Å². The Bertz CT molecular complexity index is 165. The summed E-state index contributed by atoms with van der Waals surface area (Å²) in [7, 11) is 0. The van der Waals surface area contributed by atoms with Crippen LogP contribution in [0.2, 0.25) is 0 Å². The molecule has 0 atom stereocenters. The van der Waals surface area contributed by atoms with Gasteiger partial charge in [0, 0.05) is 0 Å². The minimum Gasteiger partial charge on any atom is -0.0990 e. The zero-order valence-corrected chi connectivity index (χ0v) is 9.78. The van der Waals surface area contributed by atoms with Crippen molar-refractivity contribution < 1.29 is 0 Å². The van der Waals surface area contributed by atoms with Gasteiger partial charge in [0.25, 0.3) is 0 Å². The van der Waals surface area contributed by atoms with Gasteiger partial charge in [-0.2, -0.15) is 0 Å². The molecule has 0 heterocycles. The molecule has 0 amide bonds. The molecule has 0 rings (SSSR count). The molecule has 0 aromatic rings. The van der Waals surface area contributed by atoms with Gasteiger partial charge in [-0.3, -0.25) is 0 Å². The van der Waals surface area contributed by atoms with E-state index in [0.29, 0.717) is 11.3 Å². The summed E-state index contributed by atoms with van der Waals surface area (Å²) < 4.78 is 0. The van der Waals surface area contributed by atoms with Crippen LogP contribution in [0.25, 0.3) is 0 Å². The average molecular weight is 168 g/mol. The Hall–Kier alpha value is -0.260. The minimum absolute atomic E-state index is 0.223. The van der Waals surface area contributed by atoms with Crippen LogP contribution in [0.4, 0.5) is 0 Å². The quantitative estimate of drug-likeness (QED) is 0.540. The molecular weight excluding hydrogens is 144 g/mol. The molecule has 0 aromatic carbocycles. The largest absolute Gasteiger partial charge is 0.0990 e. The van der Waals surface area contributed by atoms with Gasteiger partial charge in [0.15, 0.2) is 0 Å². The second kappa shape index (κ2) is 3.24. The number of rotatable bonds is 2. The fourth-order valence-corrected chi connectivity index (χ4v) is 1.20. The molecule has 0 bridgehead atoms. The van der Waals surface area contributed by atoms with Crippen molar-refractivity contribution in [3.05, 3.63) is 12.2 Å². The zero-order chi connectivity index (χ0) is 10.2. The van der Waals surface area contributed by atoms with E-state index in [4.69, 9.17) is 0 Å². The van der Waals surface area contributed by atoms with Crippen molar-refractivity contribution in [3.8, 4) is 0 Å². The van der Waals surface area contributed by atoms with Gasteiger partial charge in [0.1, 0.15) is 0 Å². The van der Waals surface area contributed by atoms with Crippen LogP contribution in [-0.4, -0.2) is 0 Å². The smallest absolute Gasteiger partial charge is 0.00963 e. The average Bonchev–Trinajstić information content (AvgIpc) is 1.83. The summed E-state index contributed by atoms with van der Waals surface area (Å²) >= 11 is 0. The van der Waals surface area contributed by atoms with Crippen LogP contribution in [0, 0.1) is 16.7 Å². The summed E-state index contributed by atoms with van der Waals surface area (Å²) in [4.78, 5) is 0. The van der Waals surface area contributed by atoms with Gasteiger partial charge in [-0.05, 0) is 16.7 Å². The van der Waals surface area contributed by atoms with Crippen LogP contribution in [0.5, 0.6) is 0 Å². The van der Waals surface area contributed by atoms with Crippen molar-refractivity contribution in [2.75, 3.05) is 0 Å². The molecule has 0 spiro atoms. The van der Waals surface area contributed by atoms with Gasteiger partial charge >= 0.3 is 0 Å². The Balaban J connectivity index is 4.74. The maximum absolute atomic E-state index is 4.19. The topological polar surface area (TPSA) is 0 Å². The molecule has 0 nitrogen and oxygen atoms in total.